The number of ether oxygens (including phenoxy) is 1. The van der Waals surface area contributed by atoms with Crippen molar-refractivity contribution in [3.05, 3.63) is 33.8 Å². The van der Waals surface area contributed by atoms with Crippen LogP contribution in [0.4, 0.5) is 0 Å². The number of hydrogen-bond donors (Lipinski definition) is 1. The van der Waals surface area contributed by atoms with Gasteiger partial charge in [-0.25, -0.2) is 0 Å². The van der Waals surface area contributed by atoms with E-state index in [1.807, 2.05) is 25.2 Å². The minimum atomic E-state index is 0.199. The predicted octanol–water partition coefficient (Wildman–Crippen LogP) is 4.00. The second kappa shape index (κ2) is 9.65. The van der Waals surface area contributed by atoms with Crippen molar-refractivity contribution in [2.45, 2.75) is 32.4 Å². The lowest BCUT2D eigenvalue weighted by Gasteiger charge is -2.23. The fourth-order valence-electron chi connectivity index (χ4n) is 2.15. The summed E-state index contributed by atoms with van der Waals surface area (Å²) in [4.78, 5) is 2.27. The van der Waals surface area contributed by atoms with Crippen LogP contribution in [0.1, 0.15) is 31.9 Å². The van der Waals surface area contributed by atoms with Gasteiger partial charge in [-0.1, -0.05) is 35.3 Å². The maximum atomic E-state index is 6.29. The summed E-state index contributed by atoms with van der Waals surface area (Å²) >= 11 is 12.4. The standard InChI is InChI=1S/C16H26Cl2N2O/c1-12(2)21-11-10-20(4)9-8-15(19-3)13-6-5-7-14(17)16(13)18/h5-7,12,15,19H,8-11H2,1-4H3. The van der Waals surface area contributed by atoms with Crippen molar-refractivity contribution in [1.82, 2.24) is 10.2 Å². The third kappa shape index (κ3) is 6.54. The normalized spacial score (nSPS) is 13.1. The highest BCUT2D eigenvalue weighted by Crippen LogP contribution is 2.31. The van der Waals surface area contributed by atoms with Crippen LogP contribution < -0.4 is 5.32 Å². The highest BCUT2D eigenvalue weighted by atomic mass is 35.5. The summed E-state index contributed by atoms with van der Waals surface area (Å²) in [5.74, 6) is 0. The van der Waals surface area contributed by atoms with Gasteiger partial charge in [0, 0.05) is 12.6 Å². The van der Waals surface area contributed by atoms with E-state index < -0.39 is 0 Å². The van der Waals surface area contributed by atoms with Gasteiger partial charge in [0.1, 0.15) is 0 Å². The van der Waals surface area contributed by atoms with Crippen LogP contribution in [0.25, 0.3) is 0 Å². The molecule has 0 aliphatic rings. The lowest BCUT2D eigenvalue weighted by molar-refractivity contribution is 0.0633. The van der Waals surface area contributed by atoms with Crippen LogP contribution in [0.3, 0.4) is 0 Å². The zero-order valence-electron chi connectivity index (χ0n) is 13.3. The lowest BCUT2D eigenvalue weighted by Crippen LogP contribution is -2.28. The van der Waals surface area contributed by atoms with E-state index in [2.05, 4.69) is 31.1 Å². The molecule has 1 unspecified atom stereocenters. The molecule has 5 heteroatoms. The molecule has 0 spiro atoms. The van der Waals surface area contributed by atoms with Crippen molar-refractivity contribution in [3.63, 3.8) is 0 Å². The summed E-state index contributed by atoms with van der Waals surface area (Å²) < 4.78 is 5.57. The Morgan fingerprint density at radius 2 is 1.95 bits per heavy atom. The second-order valence-electron chi connectivity index (χ2n) is 5.50. The Morgan fingerprint density at radius 3 is 2.57 bits per heavy atom. The Balaban J connectivity index is 2.49. The zero-order chi connectivity index (χ0) is 15.8. The number of likely N-dealkylation sites (N-methyl/N-ethyl adjacent to an activating group) is 1. The average molecular weight is 333 g/mol. The first-order valence-electron chi connectivity index (χ1n) is 7.37. The fraction of sp³-hybridized carbons (Fsp3) is 0.625. The molecule has 0 aliphatic carbocycles. The van der Waals surface area contributed by atoms with Crippen LogP contribution in [0.5, 0.6) is 0 Å². The minimum Gasteiger partial charge on any atom is -0.377 e. The number of benzene rings is 1. The first kappa shape index (κ1) is 18.7. The summed E-state index contributed by atoms with van der Waals surface area (Å²) in [6.07, 6.45) is 1.25. The Bertz CT molecular complexity index is 427. The van der Waals surface area contributed by atoms with Gasteiger partial charge in [0.2, 0.25) is 0 Å². The summed E-state index contributed by atoms with van der Waals surface area (Å²) in [5, 5.41) is 4.56. The second-order valence-corrected chi connectivity index (χ2v) is 6.28. The average Bonchev–Trinajstić information content (AvgIpc) is 2.43. The molecular formula is C16H26Cl2N2O. The van der Waals surface area contributed by atoms with Crippen LogP contribution in [-0.2, 0) is 4.74 Å². The topological polar surface area (TPSA) is 24.5 Å². The molecule has 0 saturated heterocycles. The lowest BCUT2D eigenvalue weighted by atomic mass is 10.0. The van der Waals surface area contributed by atoms with Crippen LogP contribution in [0, 0.1) is 0 Å². The van der Waals surface area contributed by atoms with Gasteiger partial charge in [-0.2, -0.15) is 0 Å². The molecule has 21 heavy (non-hydrogen) atoms. The van der Waals surface area contributed by atoms with Crippen molar-refractivity contribution in [1.29, 1.82) is 0 Å². The highest BCUT2D eigenvalue weighted by molar-refractivity contribution is 6.42. The quantitative estimate of drug-likeness (QED) is 0.739. The SMILES string of the molecule is CNC(CCN(C)CCOC(C)C)c1cccc(Cl)c1Cl. The van der Waals surface area contributed by atoms with Gasteiger partial charge in [0.15, 0.2) is 0 Å². The zero-order valence-corrected chi connectivity index (χ0v) is 14.8. The summed E-state index contributed by atoms with van der Waals surface area (Å²) in [5.41, 5.74) is 1.05. The molecule has 120 valence electrons. The maximum absolute atomic E-state index is 6.29. The van der Waals surface area contributed by atoms with Crippen molar-refractivity contribution in [2.24, 2.45) is 0 Å². The number of halogens is 2. The molecule has 1 rings (SSSR count). The molecule has 0 bridgehead atoms. The first-order valence-corrected chi connectivity index (χ1v) is 8.12. The molecule has 1 aromatic rings. The number of nitrogens with zero attached hydrogens (tertiary/aromatic N) is 1. The molecule has 1 aromatic carbocycles. The molecule has 0 radical (unpaired) electrons. The van der Waals surface area contributed by atoms with Crippen LogP contribution in [0.15, 0.2) is 18.2 Å². The van der Waals surface area contributed by atoms with Crippen molar-refractivity contribution in [2.75, 3.05) is 33.8 Å². The van der Waals surface area contributed by atoms with Crippen LogP contribution in [0.2, 0.25) is 10.0 Å². The molecule has 0 fully saturated rings. The summed E-state index contributed by atoms with van der Waals surface area (Å²) in [6.45, 7) is 6.76. The van der Waals surface area contributed by atoms with E-state index in [4.69, 9.17) is 27.9 Å². The summed E-state index contributed by atoms with van der Waals surface area (Å²) in [7, 11) is 4.06. The van der Waals surface area contributed by atoms with E-state index in [1.54, 1.807) is 0 Å². The van der Waals surface area contributed by atoms with Crippen LogP contribution >= 0.6 is 23.2 Å². The van der Waals surface area contributed by atoms with Gasteiger partial charge in [-0.05, 0) is 52.5 Å². The Hall–Kier alpha value is -0.320. The summed E-state index contributed by atoms with van der Waals surface area (Å²) in [6, 6.07) is 5.98. The molecular weight excluding hydrogens is 307 g/mol. The van der Waals surface area contributed by atoms with Gasteiger partial charge in [-0.3, -0.25) is 0 Å². The molecule has 3 nitrogen and oxygen atoms in total. The minimum absolute atomic E-state index is 0.199. The van der Waals surface area contributed by atoms with Gasteiger partial charge in [0.05, 0.1) is 22.8 Å². The number of rotatable bonds is 9. The highest BCUT2D eigenvalue weighted by Gasteiger charge is 2.15. The molecule has 0 saturated carbocycles. The molecule has 1 atom stereocenters. The van der Waals surface area contributed by atoms with Crippen molar-refractivity contribution >= 4 is 23.2 Å². The number of hydrogen-bond acceptors (Lipinski definition) is 3. The van der Waals surface area contributed by atoms with Gasteiger partial charge in [0.25, 0.3) is 0 Å². The fourth-order valence-corrected chi connectivity index (χ4v) is 2.59. The van der Waals surface area contributed by atoms with Gasteiger partial charge < -0.3 is 15.0 Å². The molecule has 0 aromatic heterocycles. The van der Waals surface area contributed by atoms with E-state index in [9.17, 15) is 0 Å². The first-order chi connectivity index (χ1) is 9.95. The molecule has 0 amide bonds. The third-order valence-corrected chi connectivity index (χ3v) is 4.26. The van der Waals surface area contributed by atoms with E-state index in [-0.39, 0.29) is 12.1 Å². The predicted molar refractivity (Wildman–Crippen MR) is 91.5 cm³/mol. The van der Waals surface area contributed by atoms with Gasteiger partial charge in [-0.15, -0.1) is 0 Å². The van der Waals surface area contributed by atoms with E-state index in [0.717, 1.165) is 31.7 Å². The Kier molecular flexibility index (Phi) is 8.60. The Labute approximate surface area is 138 Å². The monoisotopic (exact) mass is 332 g/mol. The van der Waals surface area contributed by atoms with Crippen molar-refractivity contribution in [3.8, 4) is 0 Å². The molecule has 1 N–H and O–H groups in total. The Morgan fingerprint density at radius 1 is 1.24 bits per heavy atom. The number of nitrogens with one attached hydrogen (secondary N) is 1. The van der Waals surface area contributed by atoms with E-state index >= 15 is 0 Å². The molecule has 0 heterocycles. The molecule has 0 aliphatic heterocycles. The van der Waals surface area contributed by atoms with E-state index in [0.29, 0.717) is 10.0 Å². The van der Waals surface area contributed by atoms with E-state index in [1.165, 1.54) is 0 Å². The van der Waals surface area contributed by atoms with Crippen molar-refractivity contribution < 1.29 is 4.74 Å². The smallest absolute Gasteiger partial charge is 0.0640 e. The van der Waals surface area contributed by atoms with Crippen LogP contribution in [-0.4, -0.2) is 44.8 Å². The van der Waals surface area contributed by atoms with Gasteiger partial charge >= 0.3 is 0 Å². The third-order valence-electron chi connectivity index (χ3n) is 3.43. The maximum Gasteiger partial charge on any atom is 0.0640 e. The largest absolute Gasteiger partial charge is 0.377 e.